The molecule has 0 saturated heterocycles. The topological polar surface area (TPSA) is 119 Å². The number of ketones is 2. The third-order valence-corrected chi connectivity index (χ3v) is 5.98. The summed E-state index contributed by atoms with van der Waals surface area (Å²) in [5.41, 5.74) is 1.25. The van der Waals surface area contributed by atoms with Crippen LogP contribution in [0.15, 0.2) is 109 Å². The summed E-state index contributed by atoms with van der Waals surface area (Å²) in [7, 11) is 0. The van der Waals surface area contributed by atoms with E-state index < -0.39 is 12.3 Å². The van der Waals surface area contributed by atoms with Crippen LogP contribution in [0.4, 0.5) is 0 Å². The average Bonchev–Trinajstić information content (AvgIpc) is 2.97. The van der Waals surface area contributed by atoms with E-state index in [-0.39, 0.29) is 58.5 Å². The minimum absolute atomic E-state index is 0.0100. The largest absolute Gasteiger partial charge is 0.507 e. The highest BCUT2D eigenvalue weighted by molar-refractivity contribution is 6.11. The zero-order valence-corrected chi connectivity index (χ0v) is 22.3. The monoisotopic (exact) mass is 552 g/mol. The molecule has 0 bridgehead atoms. The molecule has 0 heterocycles. The Kier molecular flexibility index (Phi) is 9.16. The maximum absolute atomic E-state index is 12.7. The number of esters is 1. The Morgan fingerprint density at radius 3 is 1.71 bits per heavy atom. The fourth-order valence-electron chi connectivity index (χ4n) is 3.85. The van der Waals surface area contributed by atoms with Crippen LogP contribution >= 0.6 is 0 Å². The highest BCUT2D eigenvalue weighted by atomic mass is 16.7. The molecule has 4 rings (SSSR count). The third-order valence-electron chi connectivity index (χ3n) is 5.98. The summed E-state index contributed by atoms with van der Waals surface area (Å²) in [5, 5.41) is 20.9. The summed E-state index contributed by atoms with van der Waals surface area (Å²) in [4.78, 5) is 37.6. The van der Waals surface area contributed by atoms with Crippen LogP contribution < -0.4 is 9.47 Å². The van der Waals surface area contributed by atoms with E-state index >= 15 is 0 Å². The van der Waals surface area contributed by atoms with Crippen molar-refractivity contribution in [1.29, 1.82) is 0 Å². The van der Waals surface area contributed by atoms with Gasteiger partial charge in [0.25, 0.3) is 0 Å². The van der Waals surface area contributed by atoms with E-state index in [1.54, 1.807) is 66.7 Å². The number of rotatable bonds is 12. The second kappa shape index (κ2) is 13.1. The molecule has 8 heteroatoms. The highest BCUT2D eigenvalue weighted by Gasteiger charge is 2.20. The van der Waals surface area contributed by atoms with Crippen LogP contribution in [0.3, 0.4) is 0 Å². The molecule has 0 saturated carbocycles. The normalized spacial score (nSPS) is 11.2. The van der Waals surface area contributed by atoms with Gasteiger partial charge in [0, 0.05) is 28.8 Å². The van der Waals surface area contributed by atoms with E-state index in [2.05, 4.69) is 6.58 Å². The van der Waals surface area contributed by atoms with Gasteiger partial charge in [-0.2, -0.15) is 0 Å². The van der Waals surface area contributed by atoms with Crippen molar-refractivity contribution in [1.82, 2.24) is 0 Å². The molecule has 0 spiro atoms. The second-order valence-corrected chi connectivity index (χ2v) is 9.12. The van der Waals surface area contributed by atoms with Gasteiger partial charge in [-0.3, -0.25) is 9.59 Å². The molecule has 8 nitrogen and oxygen atoms in total. The first kappa shape index (κ1) is 28.6. The number of benzene rings is 4. The van der Waals surface area contributed by atoms with Crippen LogP contribution in [0, 0.1) is 0 Å². The lowest BCUT2D eigenvalue weighted by molar-refractivity contribution is -0.160. The van der Waals surface area contributed by atoms with Gasteiger partial charge in [0.15, 0.2) is 11.6 Å². The Morgan fingerprint density at radius 2 is 1.22 bits per heavy atom. The van der Waals surface area contributed by atoms with Crippen LogP contribution in [0.1, 0.15) is 45.2 Å². The minimum atomic E-state index is -1.12. The predicted octanol–water partition coefficient (Wildman–Crippen LogP) is 5.85. The van der Waals surface area contributed by atoms with E-state index in [0.717, 1.165) is 0 Å². The van der Waals surface area contributed by atoms with Gasteiger partial charge in [0.2, 0.25) is 6.29 Å². The highest BCUT2D eigenvalue weighted by Crippen LogP contribution is 2.28. The summed E-state index contributed by atoms with van der Waals surface area (Å²) in [6.07, 6.45) is -1.06. The third kappa shape index (κ3) is 7.39. The maximum atomic E-state index is 12.7. The van der Waals surface area contributed by atoms with Gasteiger partial charge in [-0.05, 0) is 31.2 Å². The number of phenolic OH excluding ortho intramolecular Hbond substituents is 2. The molecule has 2 N–H and O–H groups in total. The lowest BCUT2D eigenvalue weighted by atomic mass is 10.0. The lowest BCUT2D eigenvalue weighted by Gasteiger charge is -2.20. The summed E-state index contributed by atoms with van der Waals surface area (Å²) >= 11 is 0. The molecule has 1 unspecified atom stereocenters. The van der Waals surface area contributed by atoms with Crippen molar-refractivity contribution in [2.45, 2.75) is 19.6 Å². The van der Waals surface area contributed by atoms with Crippen LogP contribution in [0.25, 0.3) is 0 Å². The molecule has 0 aromatic heterocycles. The van der Waals surface area contributed by atoms with E-state index in [1.165, 1.54) is 37.3 Å². The van der Waals surface area contributed by atoms with Crippen molar-refractivity contribution < 1.29 is 38.8 Å². The van der Waals surface area contributed by atoms with Crippen molar-refractivity contribution in [2.75, 3.05) is 6.61 Å². The number of ether oxygens (including phenoxy) is 3. The van der Waals surface area contributed by atoms with Crippen molar-refractivity contribution in [3.05, 3.63) is 131 Å². The van der Waals surface area contributed by atoms with Gasteiger partial charge < -0.3 is 24.4 Å². The molecule has 4 aromatic rings. The van der Waals surface area contributed by atoms with Crippen molar-refractivity contribution in [2.24, 2.45) is 0 Å². The molecule has 0 amide bonds. The van der Waals surface area contributed by atoms with E-state index in [9.17, 15) is 24.6 Å². The first-order valence-corrected chi connectivity index (χ1v) is 12.7. The number of carbonyl (C=O) groups is 3. The SMILES string of the molecule is C=C(C)C(=O)OC(CCOc1ccc(C(=O)c2ccccc2)c(O)c1)Oc1ccc(C(=O)c2ccccc2)c(O)c1. The van der Waals surface area contributed by atoms with E-state index in [1.807, 2.05) is 0 Å². The first-order valence-electron chi connectivity index (χ1n) is 12.7. The second-order valence-electron chi connectivity index (χ2n) is 9.12. The number of hydrogen-bond donors (Lipinski definition) is 2. The van der Waals surface area contributed by atoms with Crippen molar-refractivity contribution in [3.8, 4) is 23.0 Å². The Bertz CT molecular complexity index is 1560. The van der Waals surface area contributed by atoms with Gasteiger partial charge in [-0.25, -0.2) is 4.79 Å². The van der Waals surface area contributed by atoms with Crippen LogP contribution in [0.2, 0.25) is 0 Å². The fourth-order valence-corrected chi connectivity index (χ4v) is 3.85. The van der Waals surface area contributed by atoms with E-state index in [4.69, 9.17) is 14.2 Å². The quantitative estimate of drug-likeness (QED) is 0.0972. The molecule has 1 atom stereocenters. The van der Waals surface area contributed by atoms with Crippen LogP contribution in [0.5, 0.6) is 23.0 Å². The van der Waals surface area contributed by atoms with Crippen molar-refractivity contribution >= 4 is 17.5 Å². The minimum Gasteiger partial charge on any atom is -0.507 e. The maximum Gasteiger partial charge on any atom is 0.336 e. The Hall–Kier alpha value is -5.37. The van der Waals surface area contributed by atoms with Crippen LogP contribution in [-0.2, 0) is 9.53 Å². The number of hydrogen-bond acceptors (Lipinski definition) is 8. The van der Waals surface area contributed by atoms with Gasteiger partial charge in [-0.1, -0.05) is 67.2 Å². The molecule has 4 aromatic carbocycles. The average molecular weight is 553 g/mol. The molecule has 208 valence electrons. The summed E-state index contributed by atoms with van der Waals surface area (Å²) in [5.74, 6) is -1.44. The van der Waals surface area contributed by atoms with E-state index in [0.29, 0.717) is 16.9 Å². The summed E-state index contributed by atoms with van der Waals surface area (Å²) in [6.45, 7) is 5.08. The molecule has 0 aliphatic rings. The molecule has 0 fully saturated rings. The van der Waals surface area contributed by atoms with Gasteiger partial charge in [0.05, 0.1) is 24.2 Å². The standard InChI is InChI=1S/C33H28O8/c1-21(2)33(38)41-30(40-25-14-16-27(29(35)20-25)32(37)23-11-7-4-8-12-23)17-18-39-24-13-15-26(28(34)19-24)31(36)22-9-5-3-6-10-22/h3-16,19-20,30,34-35H,1,17-18H2,2H3. The van der Waals surface area contributed by atoms with Crippen molar-refractivity contribution in [3.63, 3.8) is 0 Å². The Morgan fingerprint density at radius 1 is 0.732 bits per heavy atom. The number of carbonyl (C=O) groups excluding carboxylic acids is 3. The van der Waals surface area contributed by atoms with Gasteiger partial charge >= 0.3 is 5.97 Å². The number of aromatic hydroxyl groups is 2. The summed E-state index contributed by atoms with van der Waals surface area (Å²) in [6, 6.07) is 25.6. The zero-order valence-electron chi connectivity index (χ0n) is 22.3. The molecule has 0 radical (unpaired) electrons. The Balaban J connectivity index is 1.42. The molecule has 0 aliphatic heterocycles. The smallest absolute Gasteiger partial charge is 0.336 e. The van der Waals surface area contributed by atoms with Gasteiger partial charge in [0.1, 0.15) is 23.0 Å². The lowest BCUT2D eigenvalue weighted by Crippen LogP contribution is -2.26. The fraction of sp³-hybridized carbons (Fsp3) is 0.121. The predicted molar refractivity (Wildman–Crippen MR) is 151 cm³/mol. The Labute approximate surface area is 237 Å². The molecule has 0 aliphatic carbocycles. The zero-order chi connectivity index (χ0) is 29.4. The van der Waals surface area contributed by atoms with Gasteiger partial charge in [-0.15, -0.1) is 0 Å². The first-order chi connectivity index (χ1) is 19.7. The summed E-state index contributed by atoms with van der Waals surface area (Å²) < 4.78 is 16.9. The number of phenols is 2. The molecule has 41 heavy (non-hydrogen) atoms. The van der Waals surface area contributed by atoms with Crippen LogP contribution in [-0.4, -0.2) is 40.6 Å². The molecular weight excluding hydrogens is 524 g/mol. The molecular formula is C33H28O8.